The van der Waals surface area contributed by atoms with Crippen LogP contribution in [0.15, 0.2) is 33.6 Å². The van der Waals surface area contributed by atoms with Gasteiger partial charge in [0.2, 0.25) is 0 Å². The number of hydrogen-bond donors (Lipinski definition) is 1. The van der Waals surface area contributed by atoms with E-state index in [4.69, 9.17) is 0 Å². The minimum absolute atomic E-state index is 0.271. The number of rotatable bonds is 5. The second kappa shape index (κ2) is 7.00. The van der Waals surface area contributed by atoms with Crippen molar-refractivity contribution in [2.24, 2.45) is 5.92 Å². The second-order valence-electron chi connectivity index (χ2n) is 5.26. The molecule has 19 heavy (non-hydrogen) atoms. The normalized spacial score (nSPS) is 28.5. The van der Waals surface area contributed by atoms with Crippen LogP contribution >= 0.6 is 15.9 Å². The Morgan fingerprint density at radius 1 is 1.37 bits per heavy atom. The van der Waals surface area contributed by atoms with E-state index in [0.717, 1.165) is 35.2 Å². The van der Waals surface area contributed by atoms with E-state index in [1.165, 1.54) is 0 Å². The average Bonchev–Trinajstić information content (AvgIpc) is 2.77. The summed E-state index contributed by atoms with van der Waals surface area (Å²) in [4.78, 5) is 0.940. The monoisotopic (exact) mass is 343 g/mol. The molecule has 0 aliphatic heterocycles. The fraction of sp³-hybridized carbons (Fsp3) is 0.600. The van der Waals surface area contributed by atoms with Crippen LogP contribution in [0.3, 0.4) is 0 Å². The topological polar surface area (TPSA) is 29.1 Å². The van der Waals surface area contributed by atoms with Crippen LogP contribution in [0.1, 0.15) is 33.1 Å². The molecule has 1 aliphatic rings. The molecule has 4 atom stereocenters. The Bertz CT molecular complexity index is 452. The van der Waals surface area contributed by atoms with Crippen molar-refractivity contribution in [2.75, 3.05) is 6.54 Å². The standard InChI is InChI=1S/C15H22BrNOS/c1-3-10-17-13-8-9-14(11(13)2)19(18)15-7-5-4-6-12(15)16/h4-7,11,13-14,17H,3,8-10H2,1-2H3. The van der Waals surface area contributed by atoms with Crippen LogP contribution in [0.5, 0.6) is 0 Å². The third kappa shape index (κ3) is 3.47. The predicted octanol–water partition coefficient (Wildman–Crippen LogP) is 3.72. The Morgan fingerprint density at radius 2 is 2.11 bits per heavy atom. The molecular formula is C15H22BrNOS. The van der Waals surface area contributed by atoms with E-state index in [1.54, 1.807) is 0 Å². The molecule has 0 amide bonds. The highest BCUT2D eigenvalue weighted by Crippen LogP contribution is 2.34. The van der Waals surface area contributed by atoms with Gasteiger partial charge < -0.3 is 5.32 Å². The van der Waals surface area contributed by atoms with Gasteiger partial charge in [-0.3, -0.25) is 4.21 Å². The van der Waals surface area contributed by atoms with Crippen LogP contribution in [-0.4, -0.2) is 22.0 Å². The van der Waals surface area contributed by atoms with Gasteiger partial charge in [-0.05, 0) is 59.8 Å². The smallest absolute Gasteiger partial charge is 0.0575 e. The van der Waals surface area contributed by atoms with E-state index < -0.39 is 10.8 Å². The van der Waals surface area contributed by atoms with Crippen molar-refractivity contribution in [2.45, 2.75) is 49.3 Å². The van der Waals surface area contributed by atoms with Gasteiger partial charge >= 0.3 is 0 Å². The second-order valence-corrected chi connectivity index (χ2v) is 7.76. The predicted molar refractivity (Wildman–Crippen MR) is 84.8 cm³/mol. The number of halogens is 1. The molecule has 0 spiro atoms. The van der Waals surface area contributed by atoms with Crippen molar-refractivity contribution in [3.63, 3.8) is 0 Å². The summed E-state index contributed by atoms with van der Waals surface area (Å²) in [6.45, 7) is 5.48. The molecule has 0 radical (unpaired) electrons. The highest BCUT2D eigenvalue weighted by molar-refractivity contribution is 9.10. The van der Waals surface area contributed by atoms with Gasteiger partial charge in [-0.2, -0.15) is 0 Å². The number of nitrogens with one attached hydrogen (secondary N) is 1. The van der Waals surface area contributed by atoms with Gasteiger partial charge in [0.25, 0.3) is 0 Å². The van der Waals surface area contributed by atoms with Crippen LogP contribution in [0.25, 0.3) is 0 Å². The molecule has 2 rings (SSSR count). The van der Waals surface area contributed by atoms with Crippen molar-refractivity contribution in [1.29, 1.82) is 0 Å². The zero-order valence-corrected chi connectivity index (χ0v) is 14.0. The van der Waals surface area contributed by atoms with Crippen molar-refractivity contribution in [3.05, 3.63) is 28.7 Å². The summed E-state index contributed by atoms with van der Waals surface area (Å²) in [6, 6.07) is 8.40. The van der Waals surface area contributed by atoms with Crippen LogP contribution in [0.2, 0.25) is 0 Å². The number of hydrogen-bond acceptors (Lipinski definition) is 2. The van der Waals surface area contributed by atoms with Crippen molar-refractivity contribution >= 4 is 26.7 Å². The first kappa shape index (κ1) is 15.2. The largest absolute Gasteiger partial charge is 0.314 e. The maximum Gasteiger partial charge on any atom is 0.0575 e. The summed E-state index contributed by atoms with van der Waals surface area (Å²) in [5.74, 6) is 0.472. The van der Waals surface area contributed by atoms with Crippen molar-refractivity contribution in [3.8, 4) is 0 Å². The molecule has 0 heterocycles. The van der Waals surface area contributed by atoms with E-state index in [0.29, 0.717) is 12.0 Å². The summed E-state index contributed by atoms with van der Waals surface area (Å²) < 4.78 is 13.7. The summed E-state index contributed by atoms with van der Waals surface area (Å²) in [6.07, 6.45) is 3.35. The van der Waals surface area contributed by atoms with Crippen LogP contribution < -0.4 is 5.32 Å². The van der Waals surface area contributed by atoms with E-state index in [1.807, 2.05) is 24.3 Å². The molecule has 1 fully saturated rings. The Labute approximate surface area is 127 Å². The molecule has 4 heteroatoms. The lowest BCUT2D eigenvalue weighted by Crippen LogP contribution is -2.35. The molecule has 0 saturated heterocycles. The summed E-state index contributed by atoms with van der Waals surface area (Å²) in [5.41, 5.74) is 0. The molecule has 106 valence electrons. The molecule has 1 N–H and O–H groups in total. The fourth-order valence-corrected chi connectivity index (χ4v) is 5.31. The van der Waals surface area contributed by atoms with Gasteiger partial charge in [-0.1, -0.05) is 26.0 Å². The van der Waals surface area contributed by atoms with E-state index in [9.17, 15) is 4.21 Å². The van der Waals surface area contributed by atoms with E-state index in [-0.39, 0.29) is 5.25 Å². The van der Waals surface area contributed by atoms with Gasteiger partial charge in [0.05, 0.1) is 15.7 Å². The van der Waals surface area contributed by atoms with Crippen molar-refractivity contribution < 1.29 is 4.21 Å². The molecule has 1 aliphatic carbocycles. The molecule has 2 nitrogen and oxygen atoms in total. The van der Waals surface area contributed by atoms with Gasteiger partial charge in [0.1, 0.15) is 0 Å². The van der Waals surface area contributed by atoms with E-state index in [2.05, 4.69) is 35.1 Å². The Kier molecular flexibility index (Phi) is 5.60. The maximum absolute atomic E-state index is 12.8. The first-order valence-electron chi connectivity index (χ1n) is 7.03. The van der Waals surface area contributed by atoms with Crippen LogP contribution in [0.4, 0.5) is 0 Å². The average molecular weight is 344 g/mol. The lowest BCUT2D eigenvalue weighted by Gasteiger charge is -2.21. The van der Waals surface area contributed by atoms with Gasteiger partial charge in [-0.25, -0.2) is 0 Å². The third-order valence-corrected chi connectivity index (χ3v) is 6.93. The molecule has 1 saturated carbocycles. The zero-order valence-electron chi connectivity index (χ0n) is 11.6. The summed E-state index contributed by atoms with van der Waals surface area (Å²) in [7, 11) is -0.914. The highest BCUT2D eigenvalue weighted by Gasteiger charge is 2.36. The minimum Gasteiger partial charge on any atom is -0.314 e. The molecular weight excluding hydrogens is 322 g/mol. The maximum atomic E-state index is 12.8. The van der Waals surface area contributed by atoms with Gasteiger partial charge in [0.15, 0.2) is 0 Å². The van der Waals surface area contributed by atoms with Crippen molar-refractivity contribution in [1.82, 2.24) is 5.32 Å². The van der Waals surface area contributed by atoms with E-state index >= 15 is 0 Å². The molecule has 0 bridgehead atoms. The molecule has 4 unspecified atom stereocenters. The SMILES string of the molecule is CCCNC1CCC(S(=O)c2ccccc2Br)C1C. The highest BCUT2D eigenvalue weighted by atomic mass is 79.9. The first-order chi connectivity index (χ1) is 9.15. The zero-order chi connectivity index (χ0) is 13.8. The Balaban J connectivity index is 2.07. The minimum atomic E-state index is -0.914. The van der Waals surface area contributed by atoms with Crippen LogP contribution in [-0.2, 0) is 10.8 Å². The Hall–Kier alpha value is -0.190. The first-order valence-corrected chi connectivity index (χ1v) is 9.04. The van der Waals surface area contributed by atoms with Gasteiger partial charge in [0, 0.05) is 15.8 Å². The fourth-order valence-electron chi connectivity index (χ4n) is 2.82. The Morgan fingerprint density at radius 3 is 2.79 bits per heavy atom. The number of benzene rings is 1. The molecule has 1 aromatic carbocycles. The molecule has 0 aromatic heterocycles. The lowest BCUT2D eigenvalue weighted by molar-refractivity contribution is 0.429. The summed E-state index contributed by atoms with van der Waals surface area (Å²) >= 11 is 3.51. The lowest BCUT2D eigenvalue weighted by atomic mass is 10.1. The third-order valence-electron chi connectivity index (χ3n) is 3.97. The molecule has 1 aromatic rings. The van der Waals surface area contributed by atoms with Crippen LogP contribution in [0, 0.1) is 5.92 Å². The van der Waals surface area contributed by atoms with Gasteiger partial charge in [-0.15, -0.1) is 0 Å². The quantitative estimate of drug-likeness (QED) is 0.882. The summed E-state index contributed by atoms with van der Waals surface area (Å²) in [5, 5.41) is 3.86.